The molecule has 2 aliphatic rings. The third kappa shape index (κ3) is 4.15. The fourth-order valence-corrected chi connectivity index (χ4v) is 3.90. The van der Waals surface area contributed by atoms with Crippen molar-refractivity contribution in [2.45, 2.75) is 32.6 Å². The fraction of sp³-hybridized carbons (Fsp3) is 0.348. The number of nitriles is 1. The second kappa shape index (κ2) is 8.46. The monoisotopic (exact) mass is 387 g/mol. The van der Waals surface area contributed by atoms with E-state index in [9.17, 15) is 10.1 Å². The largest absolute Gasteiger partial charge is 0.334 e. The van der Waals surface area contributed by atoms with Gasteiger partial charge in [0.2, 0.25) is 5.91 Å². The summed E-state index contributed by atoms with van der Waals surface area (Å²) in [4.78, 5) is 19.5. The van der Waals surface area contributed by atoms with E-state index in [0.29, 0.717) is 17.9 Å². The van der Waals surface area contributed by atoms with Crippen LogP contribution in [0.5, 0.6) is 0 Å². The number of anilines is 2. The van der Waals surface area contributed by atoms with E-state index in [4.69, 9.17) is 0 Å². The number of hydrogen-bond donors (Lipinski definition) is 2. The Hall–Kier alpha value is -3.17. The van der Waals surface area contributed by atoms with Crippen LogP contribution in [0.4, 0.5) is 11.4 Å². The van der Waals surface area contributed by atoms with Crippen LogP contribution >= 0.6 is 0 Å². The first kappa shape index (κ1) is 19.2. The summed E-state index contributed by atoms with van der Waals surface area (Å²) in [5, 5.41) is 16.0. The lowest BCUT2D eigenvalue weighted by Crippen LogP contribution is -2.34. The van der Waals surface area contributed by atoms with Crippen LogP contribution in [-0.4, -0.2) is 24.1 Å². The van der Waals surface area contributed by atoms with E-state index in [2.05, 4.69) is 32.7 Å². The first-order valence-electron chi connectivity index (χ1n) is 10.1. The van der Waals surface area contributed by atoms with Gasteiger partial charge in [-0.1, -0.05) is 19.4 Å². The molecule has 2 aromatic rings. The van der Waals surface area contributed by atoms with Gasteiger partial charge in [0.15, 0.2) is 0 Å². The maximum atomic E-state index is 12.9. The standard InChI is InChI=1S/C23H25N5O/c1-16-5-2-3-6-19-13-18(7-9-26-19)22-20(27-23(16)29)11-17(14-24)12-21(22)28-10-4-8-25-15-28/h4,7,9-13,16,25H,2-3,5-6,8,15H2,1H3,(H,27,29). The quantitative estimate of drug-likeness (QED) is 0.778. The smallest absolute Gasteiger partial charge is 0.227 e. The SMILES string of the molecule is CC1CCCCc2cc(ccn2)-c2c(cc(C#N)cc2N2C=CCNC2)NC1=O. The van der Waals surface area contributed by atoms with Gasteiger partial charge in [-0.2, -0.15) is 5.26 Å². The van der Waals surface area contributed by atoms with Gasteiger partial charge >= 0.3 is 0 Å². The van der Waals surface area contributed by atoms with Crippen LogP contribution in [0.2, 0.25) is 0 Å². The number of hydrogen-bond acceptors (Lipinski definition) is 5. The molecular weight excluding hydrogens is 362 g/mol. The van der Waals surface area contributed by atoms with E-state index in [-0.39, 0.29) is 11.8 Å². The van der Waals surface area contributed by atoms with Gasteiger partial charge in [0.05, 0.1) is 29.7 Å². The van der Waals surface area contributed by atoms with Gasteiger partial charge in [0, 0.05) is 36.1 Å². The van der Waals surface area contributed by atoms with Gasteiger partial charge in [0.1, 0.15) is 0 Å². The van der Waals surface area contributed by atoms with Crippen LogP contribution in [0.25, 0.3) is 11.1 Å². The molecule has 148 valence electrons. The molecule has 0 aliphatic carbocycles. The van der Waals surface area contributed by atoms with E-state index in [0.717, 1.165) is 54.7 Å². The number of rotatable bonds is 1. The van der Waals surface area contributed by atoms with E-state index >= 15 is 0 Å². The Morgan fingerprint density at radius 2 is 2.17 bits per heavy atom. The van der Waals surface area contributed by atoms with Crippen molar-refractivity contribution in [3.8, 4) is 17.2 Å². The van der Waals surface area contributed by atoms with Gasteiger partial charge in [-0.05, 0) is 49.1 Å². The number of carbonyl (C=O) groups excluding carboxylic acids is 1. The van der Waals surface area contributed by atoms with Crippen molar-refractivity contribution >= 4 is 17.3 Å². The van der Waals surface area contributed by atoms with Gasteiger partial charge in [-0.25, -0.2) is 0 Å². The fourth-order valence-electron chi connectivity index (χ4n) is 3.90. The average Bonchev–Trinajstić information content (AvgIpc) is 2.76. The predicted molar refractivity (Wildman–Crippen MR) is 114 cm³/mol. The van der Waals surface area contributed by atoms with Gasteiger partial charge < -0.3 is 10.2 Å². The van der Waals surface area contributed by atoms with Crippen LogP contribution in [0.1, 0.15) is 37.4 Å². The summed E-state index contributed by atoms with van der Waals surface area (Å²) >= 11 is 0. The molecular formula is C23H25N5O. The molecule has 1 atom stereocenters. The van der Waals surface area contributed by atoms with Crippen molar-refractivity contribution < 1.29 is 4.79 Å². The predicted octanol–water partition coefficient (Wildman–Crippen LogP) is 3.80. The lowest BCUT2D eigenvalue weighted by molar-refractivity contribution is -0.119. The zero-order valence-corrected chi connectivity index (χ0v) is 16.6. The highest BCUT2D eigenvalue weighted by molar-refractivity contribution is 6.00. The summed E-state index contributed by atoms with van der Waals surface area (Å²) in [7, 11) is 0. The Bertz CT molecular complexity index is 991. The van der Waals surface area contributed by atoms with E-state index in [1.165, 1.54) is 0 Å². The summed E-state index contributed by atoms with van der Waals surface area (Å²) in [5.74, 6) is -0.0891. The highest BCUT2D eigenvalue weighted by Crippen LogP contribution is 2.40. The van der Waals surface area contributed by atoms with E-state index < -0.39 is 0 Å². The Kier molecular flexibility index (Phi) is 5.59. The number of aromatic nitrogens is 1. The molecule has 1 amide bonds. The summed E-state index contributed by atoms with van der Waals surface area (Å²) < 4.78 is 0. The molecule has 0 spiro atoms. The number of amides is 1. The van der Waals surface area contributed by atoms with Crippen LogP contribution in [0, 0.1) is 17.2 Å². The normalized spacial score (nSPS) is 19.4. The minimum atomic E-state index is -0.0840. The number of fused-ring (bicyclic) bond motifs is 4. The lowest BCUT2D eigenvalue weighted by atomic mass is 9.95. The van der Waals surface area contributed by atoms with Crippen molar-refractivity contribution in [3.05, 3.63) is 54.0 Å². The van der Waals surface area contributed by atoms with Gasteiger partial charge in [0.25, 0.3) is 0 Å². The highest BCUT2D eigenvalue weighted by Gasteiger charge is 2.22. The Morgan fingerprint density at radius 3 is 2.97 bits per heavy atom. The minimum absolute atomic E-state index is 0.00514. The number of pyridine rings is 1. The van der Waals surface area contributed by atoms with Crippen LogP contribution in [0.3, 0.4) is 0 Å². The average molecular weight is 387 g/mol. The number of aryl methyl sites for hydroxylation is 1. The molecule has 6 heteroatoms. The van der Waals surface area contributed by atoms with Crippen molar-refractivity contribution in [2.24, 2.45) is 5.92 Å². The molecule has 1 aromatic heterocycles. The molecule has 2 bridgehead atoms. The second-order valence-electron chi connectivity index (χ2n) is 7.67. The third-order valence-corrected chi connectivity index (χ3v) is 5.52. The maximum Gasteiger partial charge on any atom is 0.227 e. The Labute approximate surface area is 171 Å². The van der Waals surface area contributed by atoms with Crippen molar-refractivity contribution in [1.29, 1.82) is 5.26 Å². The molecule has 1 aromatic carbocycles. The maximum absolute atomic E-state index is 12.9. The number of nitrogens with zero attached hydrogens (tertiary/aromatic N) is 3. The Balaban J connectivity index is 1.94. The van der Waals surface area contributed by atoms with E-state index in [1.807, 2.05) is 37.5 Å². The third-order valence-electron chi connectivity index (χ3n) is 5.52. The molecule has 0 saturated carbocycles. The second-order valence-corrected chi connectivity index (χ2v) is 7.67. The zero-order chi connectivity index (χ0) is 20.2. The molecule has 0 radical (unpaired) electrons. The number of nitrogens with one attached hydrogen (secondary N) is 2. The topological polar surface area (TPSA) is 81.1 Å². The number of carbonyl (C=O) groups is 1. The molecule has 2 N–H and O–H groups in total. The Morgan fingerprint density at radius 1 is 1.28 bits per heavy atom. The molecule has 3 heterocycles. The molecule has 29 heavy (non-hydrogen) atoms. The van der Waals surface area contributed by atoms with E-state index in [1.54, 1.807) is 6.07 Å². The first-order valence-corrected chi connectivity index (χ1v) is 10.1. The highest BCUT2D eigenvalue weighted by atomic mass is 16.1. The first-order chi connectivity index (χ1) is 14.2. The molecule has 1 unspecified atom stereocenters. The number of benzene rings is 1. The molecule has 2 aliphatic heterocycles. The summed E-state index contributed by atoms with van der Waals surface area (Å²) in [5.41, 5.74) is 5.05. The lowest BCUT2D eigenvalue weighted by Gasteiger charge is -2.28. The van der Waals surface area contributed by atoms with Crippen LogP contribution < -0.4 is 15.5 Å². The molecule has 4 rings (SSSR count). The van der Waals surface area contributed by atoms with Crippen molar-refractivity contribution in [2.75, 3.05) is 23.4 Å². The summed E-state index contributed by atoms with van der Waals surface area (Å²) in [6.45, 7) is 3.41. The van der Waals surface area contributed by atoms with Gasteiger partial charge in [-0.3, -0.25) is 15.1 Å². The van der Waals surface area contributed by atoms with Crippen molar-refractivity contribution in [3.63, 3.8) is 0 Å². The van der Waals surface area contributed by atoms with Crippen LogP contribution in [-0.2, 0) is 11.2 Å². The van der Waals surface area contributed by atoms with Crippen LogP contribution in [0.15, 0.2) is 42.7 Å². The van der Waals surface area contributed by atoms with Gasteiger partial charge in [-0.15, -0.1) is 0 Å². The minimum Gasteiger partial charge on any atom is -0.334 e. The zero-order valence-electron chi connectivity index (χ0n) is 16.6. The molecule has 0 fully saturated rings. The molecule has 0 saturated heterocycles. The van der Waals surface area contributed by atoms with Crippen molar-refractivity contribution in [1.82, 2.24) is 10.3 Å². The summed E-state index contributed by atoms with van der Waals surface area (Å²) in [6, 6.07) is 9.98. The molecule has 6 nitrogen and oxygen atoms in total. The summed E-state index contributed by atoms with van der Waals surface area (Å²) in [6.07, 6.45) is 9.63.